The van der Waals surface area contributed by atoms with E-state index in [1.54, 1.807) is 16.8 Å². The van der Waals surface area contributed by atoms with E-state index in [2.05, 4.69) is 32.4 Å². The second kappa shape index (κ2) is 7.03. The van der Waals surface area contributed by atoms with Crippen LogP contribution in [0.2, 0.25) is 0 Å². The molecule has 1 aromatic carbocycles. The van der Waals surface area contributed by atoms with Gasteiger partial charge < -0.3 is 9.64 Å². The van der Waals surface area contributed by atoms with E-state index in [9.17, 15) is 4.79 Å². The number of ether oxygens (including phenoxy) is 1. The third-order valence-corrected chi connectivity index (χ3v) is 4.50. The summed E-state index contributed by atoms with van der Waals surface area (Å²) in [6.07, 6.45) is -0.213. The number of carbonyl (C=O) groups is 1. The van der Waals surface area contributed by atoms with Gasteiger partial charge in [-0.25, -0.2) is 9.10 Å². The summed E-state index contributed by atoms with van der Waals surface area (Å²) in [5.41, 5.74) is -0.431. The van der Waals surface area contributed by atoms with E-state index in [0.717, 1.165) is 17.6 Å². The third-order valence-electron chi connectivity index (χ3n) is 2.92. The van der Waals surface area contributed by atoms with Gasteiger partial charge in [-0.05, 0) is 50.9 Å². The zero-order chi connectivity index (χ0) is 15.5. The molecule has 1 amide bonds. The lowest BCUT2D eigenvalue weighted by atomic mass is 10.2. The molecule has 0 unspecified atom stereocenters. The van der Waals surface area contributed by atoms with Gasteiger partial charge >= 0.3 is 6.09 Å². The first-order chi connectivity index (χ1) is 9.83. The minimum Gasteiger partial charge on any atom is -0.444 e. The molecule has 1 heterocycles. The van der Waals surface area contributed by atoms with Crippen LogP contribution in [0.1, 0.15) is 20.8 Å². The molecule has 116 valence electrons. The Morgan fingerprint density at radius 2 is 1.90 bits per heavy atom. The Balaban J connectivity index is 1.82. The van der Waals surface area contributed by atoms with Gasteiger partial charge in [-0.1, -0.05) is 22.0 Å². The average molecular weight is 373 g/mol. The summed E-state index contributed by atoms with van der Waals surface area (Å²) in [4.78, 5) is 15.0. The molecule has 0 N–H and O–H groups in total. The smallest absolute Gasteiger partial charge is 0.410 e. The number of benzene rings is 1. The van der Waals surface area contributed by atoms with Crippen LogP contribution in [0.15, 0.2) is 33.6 Å². The van der Waals surface area contributed by atoms with Gasteiger partial charge in [0.05, 0.1) is 0 Å². The zero-order valence-electron chi connectivity index (χ0n) is 12.6. The molecule has 1 fully saturated rings. The summed E-state index contributed by atoms with van der Waals surface area (Å²) in [7, 11) is 0. The van der Waals surface area contributed by atoms with Crippen LogP contribution < -0.4 is 0 Å². The first kappa shape index (κ1) is 16.6. The molecule has 0 aliphatic carbocycles. The second-order valence-electron chi connectivity index (χ2n) is 5.95. The number of rotatable bonds is 2. The van der Waals surface area contributed by atoms with E-state index in [0.29, 0.717) is 13.1 Å². The maximum Gasteiger partial charge on any atom is 0.410 e. The van der Waals surface area contributed by atoms with Gasteiger partial charge in [-0.3, -0.25) is 0 Å². The molecule has 1 aliphatic rings. The highest BCUT2D eigenvalue weighted by atomic mass is 79.9. The molecule has 1 aliphatic heterocycles. The summed E-state index contributed by atoms with van der Waals surface area (Å²) in [5, 5.41) is 0. The molecule has 0 radical (unpaired) electrons. The number of halogens is 1. The van der Waals surface area contributed by atoms with E-state index in [-0.39, 0.29) is 6.09 Å². The Kier molecular flexibility index (Phi) is 5.57. The maximum absolute atomic E-state index is 12.0. The van der Waals surface area contributed by atoms with Gasteiger partial charge in [0.2, 0.25) is 0 Å². The van der Waals surface area contributed by atoms with E-state index in [1.165, 1.54) is 4.90 Å². The average Bonchev–Trinajstić information content (AvgIpc) is 2.37. The fourth-order valence-corrected chi connectivity index (χ4v) is 3.48. The topological polar surface area (TPSA) is 32.8 Å². The first-order valence-electron chi connectivity index (χ1n) is 7.00. The fourth-order valence-electron chi connectivity index (χ4n) is 1.96. The molecule has 2 rings (SSSR count). The van der Waals surface area contributed by atoms with Crippen LogP contribution in [0.25, 0.3) is 0 Å². The molecule has 0 bridgehead atoms. The van der Waals surface area contributed by atoms with Crippen LogP contribution in [0, 0.1) is 0 Å². The van der Waals surface area contributed by atoms with Crippen molar-refractivity contribution in [1.82, 2.24) is 9.21 Å². The highest BCUT2D eigenvalue weighted by molar-refractivity contribution is 9.10. The minimum absolute atomic E-state index is 0.213. The number of piperazine rings is 1. The van der Waals surface area contributed by atoms with Gasteiger partial charge in [-0.2, -0.15) is 0 Å². The maximum atomic E-state index is 12.0. The highest BCUT2D eigenvalue weighted by Crippen LogP contribution is 2.26. The number of nitrogens with zero attached hydrogens (tertiary/aromatic N) is 2. The second-order valence-corrected chi connectivity index (χ2v) is 8.03. The van der Waals surface area contributed by atoms with Gasteiger partial charge in [0, 0.05) is 35.5 Å². The van der Waals surface area contributed by atoms with Crippen LogP contribution in [-0.2, 0) is 4.74 Å². The summed E-state index contributed by atoms with van der Waals surface area (Å²) >= 11 is 5.21. The van der Waals surface area contributed by atoms with Crippen molar-refractivity contribution in [1.29, 1.82) is 0 Å². The van der Waals surface area contributed by atoms with Crippen molar-refractivity contribution in [2.24, 2.45) is 0 Å². The predicted molar refractivity (Wildman–Crippen MR) is 89.4 cm³/mol. The summed E-state index contributed by atoms with van der Waals surface area (Å²) in [5.74, 6) is 0. The van der Waals surface area contributed by atoms with Crippen molar-refractivity contribution in [2.45, 2.75) is 31.3 Å². The molecule has 0 aromatic heterocycles. The SMILES string of the molecule is CC(C)(C)OC(=O)N1CCN(Sc2cccc(Br)c2)CC1. The summed E-state index contributed by atoms with van der Waals surface area (Å²) in [6, 6.07) is 8.24. The Morgan fingerprint density at radius 1 is 1.24 bits per heavy atom. The van der Waals surface area contributed by atoms with Crippen LogP contribution in [0.3, 0.4) is 0 Å². The Labute approximate surface area is 139 Å². The molecule has 0 spiro atoms. The van der Waals surface area contributed by atoms with Crippen molar-refractivity contribution < 1.29 is 9.53 Å². The van der Waals surface area contributed by atoms with Crippen LogP contribution in [0.4, 0.5) is 4.79 Å². The van der Waals surface area contributed by atoms with Crippen LogP contribution in [-0.4, -0.2) is 47.1 Å². The fraction of sp³-hybridized carbons (Fsp3) is 0.533. The number of hydrogen-bond donors (Lipinski definition) is 0. The molecular weight excluding hydrogens is 352 g/mol. The lowest BCUT2D eigenvalue weighted by molar-refractivity contribution is 0.0197. The zero-order valence-corrected chi connectivity index (χ0v) is 15.0. The third kappa shape index (κ3) is 5.52. The van der Waals surface area contributed by atoms with E-state index in [1.807, 2.05) is 32.9 Å². The van der Waals surface area contributed by atoms with Crippen LogP contribution >= 0.6 is 27.9 Å². The molecule has 21 heavy (non-hydrogen) atoms. The molecule has 0 atom stereocenters. The van der Waals surface area contributed by atoms with Gasteiger partial charge in [0.15, 0.2) is 0 Å². The Morgan fingerprint density at radius 3 is 2.48 bits per heavy atom. The lowest BCUT2D eigenvalue weighted by Gasteiger charge is -2.34. The van der Waals surface area contributed by atoms with Crippen molar-refractivity contribution in [3.63, 3.8) is 0 Å². The van der Waals surface area contributed by atoms with E-state index < -0.39 is 5.60 Å². The molecular formula is C15H21BrN2O2S. The summed E-state index contributed by atoms with van der Waals surface area (Å²) < 4.78 is 8.77. The number of hydrogen-bond acceptors (Lipinski definition) is 4. The normalized spacial score (nSPS) is 16.9. The lowest BCUT2D eigenvalue weighted by Crippen LogP contribution is -2.47. The number of amides is 1. The minimum atomic E-state index is -0.431. The van der Waals surface area contributed by atoms with Crippen molar-refractivity contribution in [3.8, 4) is 0 Å². The van der Waals surface area contributed by atoms with Gasteiger partial charge in [0.1, 0.15) is 5.60 Å². The number of carbonyl (C=O) groups excluding carboxylic acids is 1. The quantitative estimate of drug-likeness (QED) is 0.734. The summed E-state index contributed by atoms with van der Waals surface area (Å²) in [6.45, 7) is 8.78. The van der Waals surface area contributed by atoms with E-state index in [4.69, 9.17) is 4.74 Å². The van der Waals surface area contributed by atoms with Crippen molar-refractivity contribution >= 4 is 34.0 Å². The monoisotopic (exact) mass is 372 g/mol. The Bertz CT molecular complexity index is 497. The standard InChI is InChI=1S/C15H21BrN2O2S/c1-15(2,3)20-14(19)17-7-9-18(10-8-17)21-13-6-4-5-12(16)11-13/h4-6,11H,7-10H2,1-3H3. The molecule has 1 saturated heterocycles. The van der Waals surface area contributed by atoms with E-state index >= 15 is 0 Å². The first-order valence-corrected chi connectivity index (χ1v) is 8.56. The van der Waals surface area contributed by atoms with Crippen molar-refractivity contribution in [2.75, 3.05) is 26.2 Å². The molecule has 0 saturated carbocycles. The van der Waals surface area contributed by atoms with Crippen LogP contribution in [0.5, 0.6) is 0 Å². The van der Waals surface area contributed by atoms with Gasteiger partial charge in [-0.15, -0.1) is 0 Å². The molecule has 1 aromatic rings. The Hall–Kier alpha value is -0.720. The molecule has 4 nitrogen and oxygen atoms in total. The molecule has 6 heteroatoms. The largest absolute Gasteiger partial charge is 0.444 e. The van der Waals surface area contributed by atoms with Crippen molar-refractivity contribution in [3.05, 3.63) is 28.7 Å². The van der Waals surface area contributed by atoms with Gasteiger partial charge in [0.25, 0.3) is 0 Å². The predicted octanol–water partition coefficient (Wildman–Crippen LogP) is 4.01. The highest BCUT2D eigenvalue weighted by Gasteiger charge is 2.26.